The fourth-order valence-corrected chi connectivity index (χ4v) is 4.44. The minimum Gasteiger partial charge on any atom is -0.233 e. The first-order valence-electron chi connectivity index (χ1n) is 8.61. The SMILES string of the molecule is Cc1nc(-c2ccccc2)cc(-c2ccc3sc4ccccc4c3c2)n1. The van der Waals surface area contributed by atoms with Crippen molar-refractivity contribution in [2.45, 2.75) is 6.92 Å². The normalized spacial score (nSPS) is 11.3. The maximum atomic E-state index is 4.69. The monoisotopic (exact) mass is 352 g/mol. The van der Waals surface area contributed by atoms with Gasteiger partial charge >= 0.3 is 0 Å². The maximum absolute atomic E-state index is 4.69. The Morgan fingerprint density at radius 3 is 2.15 bits per heavy atom. The van der Waals surface area contributed by atoms with Crippen LogP contribution in [0, 0.1) is 6.92 Å². The number of benzene rings is 3. The summed E-state index contributed by atoms with van der Waals surface area (Å²) < 4.78 is 2.63. The highest BCUT2D eigenvalue weighted by molar-refractivity contribution is 7.25. The van der Waals surface area contributed by atoms with Crippen LogP contribution in [0.4, 0.5) is 0 Å². The van der Waals surface area contributed by atoms with Crippen LogP contribution in [0.1, 0.15) is 5.82 Å². The smallest absolute Gasteiger partial charge is 0.126 e. The van der Waals surface area contributed by atoms with E-state index in [2.05, 4.69) is 65.6 Å². The van der Waals surface area contributed by atoms with Gasteiger partial charge < -0.3 is 0 Å². The summed E-state index contributed by atoms with van der Waals surface area (Å²) in [4.78, 5) is 9.32. The predicted octanol–water partition coefficient (Wildman–Crippen LogP) is 6.49. The molecule has 0 aliphatic heterocycles. The molecule has 0 aliphatic carbocycles. The van der Waals surface area contributed by atoms with Crippen molar-refractivity contribution in [3.63, 3.8) is 0 Å². The molecule has 3 aromatic carbocycles. The number of nitrogens with zero attached hydrogens (tertiary/aromatic N) is 2. The van der Waals surface area contributed by atoms with Gasteiger partial charge in [-0.1, -0.05) is 54.6 Å². The molecule has 2 heterocycles. The van der Waals surface area contributed by atoms with Crippen molar-refractivity contribution in [1.82, 2.24) is 9.97 Å². The van der Waals surface area contributed by atoms with Crippen LogP contribution in [0.25, 0.3) is 42.7 Å². The Labute approximate surface area is 155 Å². The van der Waals surface area contributed by atoms with Crippen LogP contribution < -0.4 is 0 Å². The highest BCUT2D eigenvalue weighted by atomic mass is 32.1. The van der Waals surface area contributed by atoms with Gasteiger partial charge in [-0.25, -0.2) is 9.97 Å². The highest BCUT2D eigenvalue weighted by Crippen LogP contribution is 2.36. The summed E-state index contributed by atoms with van der Waals surface area (Å²) in [7, 11) is 0. The van der Waals surface area contributed by atoms with E-state index in [4.69, 9.17) is 4.98 Å². The van der Waals surface area contributed by atoms with Crippen molar-refractivity contribution >= 4 is 31.5 Å². The van der Waals surface area contributed by atoms with E-state index in [0.29, 0.717) is 0 Å². The largest absolute Gasteiger partial charge is 0.233 e. The first kappa shape index (κ1) is 15.2. The third-order valence-corrected chi connectivity index (χ3v) is 5.73. The van der Waals surface area contributed by atoms with Crippen LogP contribution in [0.15, 0.2) is 78.9 Å². The Bertz CT molecular complexity index is 1240. The van der Waals surface area contributed by atoms with Crippen molar-refractivity contribution in [1.29, 1.82) is 0 Å². The summed E-state index contributed by atoms with van der Waals surface area (Å²) in [5.41, 5.74) is 4.17. The molecule has 0 spiro atoms. The number of thiophene rings is 1. The second kappa shape index (κ2) is 6.04. The van der Waals surface area contributed by atoms with Gasteiger partial charge in [0.15, 0.2) is 0 Å². The summed E-state index contributed by atoms with van der Waals surface area (Å²) in [5, 5.41) is 2.60. The standard InChI is InChI=1S/C23H16N2S/c1-15-24-20(16-7-3-2-4-8-16)14-21(25-15)17-11-12-23-19(13-17)18-9-5-6-10-22(18)26-23/h2-14H,1H3. The molecule has 0 radical (unpaired) electrons. The molecule has 124 valence electrons. The zero-order valence-corrected chi connectivity index (χ0v) is 15.1. The van der Waals surface area contributed by atoms with Crippen molar-refractivity contribution < 1.29 is 0 Å². The minimum absolute atomic E-state index is 0.789. The van der Waals surface area contributed by atoms with Gasteiger partial charge in [0.05, 0.1) is 11.4 Å². The molecule has 0 aliphatic rings. The Balaban J connectivity index is 1.70. The van der Waals surface area contributed by atoms with Gasteiger partial charge in [-0.15, -0.1) is 11.3 Å². The minimum atomic E-state index is 0.789. The van der Waals surface area contributed by atoms with E-state index < -0.39 is 0 Å². The quantitative estimate of drug-likeness (QED) is 0.363. The van der Waals surface area contributed by atoms with Gasteiger partial charge in [0, 0.05) is 31.3 Å². The van der Waals surface area contributed by atoms with Crippen LogP contribution in [0.5, 0.6) is 0 Å². The molecule has 0 bridgehead atoms. The summed E-state index contributed by atoms with van der Waals surface area (Å²) in [6.07, 6.45) is 0. The Hall–Kier alpha value is -3.04. The van der Waals surface area contributed by atoms with Crippen molar-refractivity contribution in [3.8, 4) is 22.5 Å². The number of fused-ring (bicyclic) bond motifs is 3. The van der Waals surface area contributed by atoms with Crippen molar-refractivity contribution in [2.24, 2.45) is 0 Å². The fourth-order valence-electron chi connectivity index (χ4n) is 3.36. The van der Waals surface area contributed by atoms with E-state index in [9.17, 15) is 0 Å². The average Bonchev–Trinajstić information content (AvgIpc) is 3.06. The summed E-state index contributed by atoms with van der Waals surface area (Å²) in [5.74, 6) is 0.789. The lowest BCUT2D eigenvalue weighted by molar-refractivity contribution is 1.06. The average molecular weight is 352 g/mol. The molecule has 26 heavy (non-hydrogen) atoms. The third-order valence-electron chi connectivity index (χ3n) is 4.58. The summed E-state index contributed by atoms with van der Waals surface area (Å²) >= 11 is 1.84. The van der Waals surface area contributed by atoms with Gasteiger partial charge in [0.1, 0.15) is 5.82 Å². The highest BCUT2D eigenvalue weighted by Gasteiger charge is 2.10. The van der Waals surface area contributed by atoms with Crippen LogP contribution in [-0.2, 0) is 0 Å². The molecule has 5 aromatic rings. The molecular weight excluding hydrogens is 336 g/mol. The van der Waals surface area contributed by atoms with Crippen molar-refractivity contribution in [2.75, 3.05) is 0 Å². The third kappa shape index (κ3) is 2.57. The Morgan fingerprint density at radius 1 is 0.615 bits per heavy atom. The van der Waals surface area contributed by atoms with E-state index in [1.807, 2.05) is 36.5 Å². The first-order chi connectivity index (χ1) is 12.8. The molecule has 0 N–H and O–H groups in total. The zero-order chi connectivity index (χ0) is 17.5. The number of aromatic nitrogens is 2. The van der Waals surface area contributed by atoms with E-state index in [1.54, 1.807) is 0 Å². The Morgan fingerprint density at radius 2 is 1.31 bits per heavy atom. The molecule has 3 heteroatoms. The van der Waals surface area contributed by atoms with Gasteiger partial charge in [0.2, 0.25) is 0 Å². The van der Waals surface area contributed by atoms with Gasteiger partial charge in [-0.3, -0.25) is 0 Å². The summed E-state index contributed by atoms with van der Waals surface area (Å²) in [6.45, 7) is 1.95. The van der Waals surface area contributed by atoms with E-state index >= 15 is 0 Å². The Kier molecular flexibility index (Phi) is 3.54. The lowest BCUT2D eigenvalue weighted by atomic mass is 10.0. The lowest BCUT2D eigenvalue weighted by Gasteiger charge is -2.07. The van der Waals surface area contributed by atoms with Crippen LogP contribution in [0.2, 0.25) is 0 Å². The molecule has 0 unspecified atom stereocenters. The van der Waals surface area contributed by atoms with Gasteiger partial charge in [-0.2, -0.15) is 0 Å². The molecule has 0 saturated heterocycles. The van der Waals surface area contributed by atoms with Crippen LogP contribution in [-0.4, -0.2) is 9.97 Å². The molecule has 2 nitrogen and oxygen atoms in total. The predicted molar refractivity (Wildman–Crippen MR) is 111 cm³/mol. The van der Waals surface area contributed by atoms with Crippen molar-refractivity contribution in [3.05, 3.63) is 84.7 Å². The first-order valence-corrected chi connectivity index (χ1v) is 9.42. The van der Waals surface area contributed by atoms with E-state index in [-0.39, 0.29) is 0 Å². The molecule has 0 saturated carbocycles. The van der Waals surface area contributed by atoms with E-state index in [0.717, 1.165) is 28.3 Å². The van der Waals surface area contributed by atoms with Crippen LogP contribution in [0.3, 0.4) is 0 Å². The fraction of sp³-hybridized carbons (Fsp3) is 0.0435. The molecule has 5 rings (SSSR count). The lowest BCUT2D eigenvalue weighted by Crippen LogP contribution is -1.94. The zero-order valence-electron chi connectivity index (χ0n) is 14.3. The molecular formula is C23H16N2S. The topological polar surface area (TPSA) is 25.8 Å². The summed E-state index contributed by atoms with van der Waals surface area (Å²) in [6, 6.07) is 27.5. The molecule has 2 aromatic heterocycles. The maximum Gasteiger partial charge on any atom is 0.126 e. The number of rotatable bonds is 2. The molecule has 0 fully saturated rings. The van der Waals surface area contributed by atoms with Gasteiger partial charge in [0.25, 0.3) is 0 Å². The number of aryl methyl sites for hydroxylation is 1. The second-order valence-electron chi connectivity index (χ2n) is 6.36. The molecule has 0 atom stereocenters. The van der Waals surface area contributed by atoms with Crippen LogP contribution >= 0.6 is 11.3 Å². The second-order valence-corrected chi connectivity index (χ2v) is 7.44. The van der Waals surface area contributed by atoms with E-state index in [1.165, 1.54) is 20.2 Å². The van der Waals surface area contributed by atoms with Gasteiger partial charge in [-0.05, 0) is 31.2 Å². The molecule has 0 amide bonds. The number of hydrogen-bond acceptors (Lipinski definition) is 3. The number of hydrogen-bond donors (Lipinski definition) is 0.